The van der Waals surface area contributed by atoms with Crippen LogP contribution in [0.25, 0.3) is 0 Å². The summed E-state index contributed by atoms with van der Waals surface area (Å²) in [5.74, 6) is -0.994. The van der Waals surface area contributed by atoms with Crippen LogP contribution in [0.3, 0.4) is 0 Å². The molecule has 1 rings (SSSR count). The predicted molar refractivity (Wildman–Crippen MR) is 82.4 cm³/mol. The van der Waals surface area contributed by atoms with Crippen LogP contribution in [-0.2, 0) is 30.3 Å². The highest BCUT2D eigenvalue weighted by Crippen LogP contribution is 2.15. The van der Waals surface area contributed by atoms with Crippen LogP contribution in [-0.4, -0.2) is 56.2 Å². The number of esters is 1. The predicted octanol–water partition coefficient (Wildman–Crippen LogP) is -1.07. The molecule has 10 heteroatoms. The molecule has 24 heavy (non-hydrogen) atoms. The highest BCUT2D eigenvalue weighted by Gasteiger charge is 2.17. The summed E-state index contributed by atoms with van der Waals surface area (Å²) >= 11 is 0. The molecule has 0 bridgehead atoms. The van der Waals surface area contributed by atoms with Gasteiger partial charge in [-0.3, -0.25) is 13.8 Å². The number of carbonyl (C=O) groups excluding carboxylic acids is 2. The lowest BCUT2D eigenvalue weighted by molar-refractivity contribution is -0.134. The maximum Gasteiger partial charge on any atom is 0.312 e. The van der Waals surface area contributed by atoms with E-state index in [2.05, 4.69) is 9.50 Å². The zero-order chi connectivity index (χ0) is 18.2. The van der Waals surface area contributed by atoms with E-state index < -0.39 is 34.2 Å². The second-order valence-electron chi connectivity index (χ2n) is 4.81. The third kappa shape index (κ3) is 7.04. The molecule has 1 atom stereocenters. The van der Waals surface area contributed by atoms with Gasteiger partial charge >= 0.3 is 5.97 Å². The fraction of sp³-hybridized carbons (Fsp3) is 0.429. The second-order valence-corrected chi connectivity index (χ2v) is 6.66. The number of amides is 1. The summed E-state index contributed by atoms with van der Waals surface area (Å²) < 4.78 is 31.4. The minimum Gasteiger partial charge on any atom is -0.427 e. The van der Waals surface area contributed by atoms with E-state index in [0.717, 1.165) is 7.11 Å². The molecule has 1 aromatic carbocycles. The Bertz CT molecular complexity index is 641. The number of aliphatic hydroxyl groups excluding tert-OH is 1. The van der Waals surface area contributed by atoms with Crippen molar-refractivity contribution in [3.05, 3.63) is 29.8 Å². The molecule has 0 aliphatic carbocycles. The van der Waals surface area contributed by atoms with Crippen LogP contribution in [0.15, 0.2) is 24.3 Å². The van der Waals surface area contributed by atoms with Gasteiger partial charge in [0.05, 0.1) is 25.3 Å². The Labute approximate surface area is 139 Å². The van der Waals surface area contributed by atoms with Gasteiger partial charge in [-0.25, -0.2) is 0 Å². The molecule has 3 N–H and O–H groups in total. The first-order chi connectivity index (χ1) is 11.3. The third-order valence-corrected chi connectivity index (χ3v) is 4.27. The van der Waals surface area contributed by atoms with Gasteiger partial charge in [0, 0.05) is 0 Å². The van der Waals surface area contributed by atoms with Crippen molar-refractivity contribution >= 4 is 22.5 Å². The first-order valence-electron chi connectivity index (χ1n) is 6.91. The standard InChI is InChI=1S/C14H19NO8S/c1-22-24(20,21)7-6-13(17)23-11-4-2-10(3-5-11)8-12(14(18)19)15-9-16/h2-5,9,12,14,18-19H,6-8H2,1H3,(H,15,16). The van der Waals surface area contributed by atoms with Crippen LogP contribution in [0.2, 0.25) is 0 Å². The number of benzene rings is 1. The molecule has 0 heterocycles. The molecule has 0 fully saturated rings. The number of hydrogen-bond acceptors (Lipinski definition) is 8. The smallest absolute Gasteiger partial charge is 0.312 e. The highest BCUT2D eigenvalue weighted by atomic mass is 32.2. The first kappa shape index (κ1) is 20.0. The Morgan fingerprint density at radius 3 is 2.42 bits per heavy atom. The summed E-state index contributed by atoms with van der Waals surface area (Å²) in [4.78, 5) is 22.0. The van der Waals surface area contributed by atoms with Gasteiger partial charge in [0.15, 0.2) is 6.29 Å². The summed E-state index contributed by atoms with van der Waals surface area (Å²) in [7, 11) is -2.71. The van der Waals surface area contributed by atoms with Gasteiger partial charge in [-0.1, -0.05) is 12.1 Å². The topological polar surface area (TPSA) is 139 Å². The van der Waals surface area contributed by atoms with Crippen LogP contribution in [0.5, 0.6) is 5.75 Å². The molecule has 0 spiro atoms. The van der Waals surface area contributed by atoms with Crippen molar-refractivity contribution in [2.75, 3.05) is 12.9 Å². The Hall–Kier alpha value is -2.01. The number of carbonyl (C=O) groups is 2. The van der Waals surface area contributed by atoms with E-state index in [-0.39, 0.29) is 18.6 Å². The minimum atomic E-state index is -3.72. The molecule has 1 unspecified atom stereocenters. The maximum absolute atomic E-state index is 11.6. The van der Waals surface area contributed by atoms with Crippen LogP contribution in [0, 0.1) is 0 Å². The normalized spacial score (nSPS) is 12.7. The molecule has 1 amide bonds. The number of ether oxygens (including phenoxy) is 1. The minimum absolute atomic E-state index is 0.163. The van der Waals surface area contributed by atoms with Gasteiger partial charge in [-0.05, 0) is 24.1 Å². The first-order valence-corrected chi connectivity index (χ1v) is 8.49. The second kappa shape index (κ2) is 9.33. The Balaban J connectivity index is 2.58. The lowest BCUT2D eigenvalue weighted by atomic mass is 10.1. The van der Waals surface area contributed by atoms with Gasteiger partial charge in [-0.2, -0.15) is 8.42 Å². The molecule has 0 aliphatic heterocycles. The van der Waals surface area contributed by atoms with Crippen molar-refractivity contribution in [1.82, 2.24) is 5.32 Å². The van der Waals surface area contributed by atoms with Crippen molar-refractivity contribution in [2.24, 2.45) is 0 Å². The molecule has 134 valence electrons. The van der Waals surface area contributed by atoms with E-state index in [1.165, 1.54) is 12.1 Å². The quantitative estimate of drug-likeness (QED) is 0.157. The van der Waals surface area contributed by atoms with Gasteiger partial charge in [0.1, 0.15) is 5.75 Å². The van der Waals surface area contributed by atoms with Gasteiger partial charge in [0.2, 0.25) is 6.41 Å². The van der Waals surface area contributed by atoms with E-state index in [0.29, 0.717) is 12.0 Å². The van der Waals surface area contributed by atoms with E-state index in [9.17, 15) is 18.0 Å². The molecule has 0 saturated carbocycles. The van der Waals surface area contributed by atoms with Crippen LogP contribution in [0.1, 0.15) is 12.0 Å². The summed E-state index contributed by atoms with van der Waals surface area (Å²) in [6, 6.07) is 5.24. The SMILES string of the molecule is COS(=O)(=O)CCC(=O)Oc1ccc(CC(NC=O)C(O)O)cc1. The van der Waals surface area contributed by atoms with Crippen molar-refractivity contribution in [3.63, 3.8) is 0 Å². The van der Waals surface area contributed by atoms with Crippen molar-refractivity contribution in [2.45, 2.75) is 25.2 Å². The van der Waals surface area contributed by atoms with Gasteiger partial charge < -0.3 is 20.3 Å². The number of nitrogens with one attached hydrogen (secondary N) is 1. The number of rotatable bonds is 10. The summed E-state index contributed by atoms with van der Waals surface area (Å²) in [5.41, 5.74) is 0.671. The average molecular weight is 361 g/mol. The summed E-state index contributed by atoms with van der Waals surface area (Å²) in [5, 5.41) is 20.5. The molecule has 0 saturated heterocycles. The Morgan fingerprint density at radius 2 is 1.92 bits per heavy atom. The van der Waals surface area contributed by atoms with Crippen LogP contribution in [0.4, 0.5) is 0 Å². The number of hydrogen-bond donors (Lipinski definition) is 3. The third-order valence-electron chi connectivity index (χ3n) is 3.06. The van der Waals surface area contributed by atoms with Crippen molar-refractivity contribution in [1.29, 1.82) is 0 Å². The van der Waals surface area contributed by atoms with E-state index in [4.69, 9.17) is 14.9 Å². The van der Waals surface area contributed by atoms with Crippen LogP contribution < -0.4 is 10.1 Å². The average Bonchev–Trinajstić information content (AvgIpc) is 2.54. The monoisotopic (exact) mass is 361 g/mol. The molecule has 1 aromatic rings. The summed E-state index contributed by atoms with van der Waals surface area (Å²) in [6.45, 7) is 0. The van der Waals surface area contributed by atoms with E-state index in [1.807, 2.05) is 0 Å². The van der Waals surface area contributed by atoms with Gasteiger partial charge in [-0.15, -0.1) is 0 Å². The van der Waals surface area contributed by atoms with E-state index in [1.54, 1.807) is 12.1 Å². The van der Waals surface area contributed by atoms with Crippen molar-refractivity contribution in [3.8, 4) is 5.75 Å². The molecular formula is C14H19NO8S. The lowest BCUT2D eigenvalue weighted by Gasteiger charge is -2.18. The zero-order valence-electron chi connectivity index (χ0n) is 12.9. The fourth-order valence-corrected chi connectivity index (χ4v) is 2.34. The lowest BCUT2D eigenvalue weighted by Crippen LogP contribution is -2.40. The fourth-order valence-electron chi connectivity index (χ4n) is 1.76. The van der Waals surface area contributed by atoms with Gasteiger partial charge in [0.25, 0.3) is 10.1 Å². The molecule has 0 radical (unpaired) electrons. The maximum atomic E-state index is 11.6. The number of aliphatic hydroxyl groups is 2. The molecular weight excluding hydrogens is 342 g/mol. The molecule has 0 aromatic heterocycles. The summed E-state index contributed by atoms with van der Waals surface area (Å²) in [6.07, 6.45) is -1.53. The molecule has 9 nitrogen and oxygen atoms in total. The molecule has 0 aliphatic rings. The Kier molecular flexibility index (Phi) is 7.79. The van der Waals surface area contributed by atoms with Crippen molar-refractivity contribution < 1.29 is 37.1 Å². The van der Waals surface area contributed by atoms with E-state index >= 15 is 0 Å². The highest BCUT2D eigenvalue weighted by molar-refractivity contribution is 7.86. The largest absolute Gasteiger partial charge is 0.427 e. The Morgan fingerprint density at radius 1 is 1.29 bits per heavy atom. The van der Waals surface area contributed by atoms with Crippen LogP contribution >= 0.6 is 0 Å². The zero-order valence-corrected chi connectivity index (χ0v) is 13.7.